The maximum atomic E-state index is 12.5. The molecule has 1 fully saturated rings. The Hall–Kier alpha value is -2.32. The van der Waals surface area contributed by atoms with E-state index < -0.39 is 5.60 Å². The summed E-state index contributed by atoms with van der Waals surface area (Å²) in [4.78, 5) is 24.2. The van der Waals surface area contributed by atoms with Crippen molar-refractivity contribution >= 4 is 34.7 Å². The Morgan fingerprint density at radius 2 is 1.93 bits per heavy atom. The van der Waals surface area contributed by atoms with E-state index in [1.165, 1.54) is 6.07 Å². The van der Waals surface area contributed by atoms with Crippen molar-refractivity contribution in [2.75, 3.05) is 25.0 Å². The first kappa shape index (κ1) is 20.0. The minimum atomic E-state index is -0.786. The third-order valence-corrected chi connectivity index (χ3v) is 6.28. The highest BCUT2D eigenvalue weighted by atomic mass is 35.5. The highest BCUT2D eigenvalue weighted by Gasteiger charge is 2.35. The van der Waals surface area contributed by atoms with Gasteiger partial charge in [-0.3, -0.25) is 9.69 Å². The highest BCUT2D eigenvalue weighted by Crippen LogP contribution is 2.35. The first-order valence-electron chi connectivity index (χ1n) is 9.40. The number of likely N-dealkylation sites (tertiary alicyclic amines) is 1. The third-order valence-electron chi connectivity index (χ3n) is 5.02. The average molecular weight is 429 g/mol. The Bertz CT molecular complexity index is 974. The molecule has 1 aliphatic heterocycles. The zero-order chi connectivity index (χ0) is 20.3. The van der Waals surface area contributed by atoms with Gasteiger partial charge in [-0.05, 0) is 24.3 Å². The van der Waals surface area contributed by atoms with Crippen LogP contribution in [0.15, 0.2) is 53.9 Å². The number of carbonyl (C=O) groups is 1. The van der Waals surface area contributed by atoms with Crippen LogP contribution in [0.2, 0.25) is 5.15 Å². The van der Waals surface area contributed by atoms with Crippen molar-refractivity contribution in [2.24, 2.45) is 0 Å². The number of rotatable bonds is 5. The van der Waals surface area contributed by atoms with Gasteiger partial charge < -0.3 is 10.4 Å². The first-order chi connectivity index (χ1) is 14.0. The predicted molar refractivity (Wildman–Crippen MR) is 115 cm³/mol. The number of nitrogens with zero attached hydrogens (tertiary/aromatic N) is 3. The molecule has 2 N–H and O–H groups in total. The Morgan fingerprint density at radius 1 is 1.17 bits per heavy atom. The van der Waals surface area contributed by atoms with Crippen molar-refractivity contribution in [1.29, 1.82) is 0 Å². The Labute approximate surface area is 178 Å². The van der Waals surface area contributed by atoms with E-state index in [9.17, 15) is 9.90 Å². The molecule has 0 aliphatic carbocycles. The third kappa shape index (κ3) is 4.82. The smallest absolute Gasteiger partial charge is 0.239 e. The molecule has 0 saturated carbocycles. The van der Waals surface area contributed by atoms with E-state index in [0.717, 1.165) is 10.4 Å². The van der Waals surface area contributed by atoms with Crippen LogP contribution in [0.25, 0.3) is 11.4 Å². The Kier molecular flexibility index (Phi) is 5.91. The predicted octanol–water partition coefficient (Wildman–Crippen LogP) is 3.78. The van der Waals surface area contributed by atoms with E-state index >= 15 is 0 Å². The van der Waals surface area contributed by atoms with Gasteiger partial charge in [-0.15, -0.1) is 11.3 Å². The van der Waals surface area contributed by atoms with Crippen molar-refractivity contribution < 1.29 is 9.90 Å². The standard InChI is InChI=1S/C21H21ClN4O2S/c22-17-13-18(25-20(23-17)15-5-2-1-3-6-15)24-19(27)14-26-10-8-21(28,9-11-26)16-7-4-12-29-16/h1-7,12-13,28H,8-11,14H2,(H,23,24,25,27). The van der Waals surface area contributed by atoms with Gasteiger partial charge in [0.05, 0.1) is 6.54 Å². The van der Waals surface area contributed by atoms with Gasteiger partial charge in [0.15, 0.2) is 5.82 Å². The fourth-order valence-corrected chi connectivity index (χ4v) is 4.52. The summed E-state index contributed by atoms with van der Waals surface area (Å²) in [7, 11) is 0. The number of amides is 1. The van der Waals surface area contributed by atoms with Crippen LogP contribution >= 0.6 is 22.9 Å². The second-order valence-corrected chi connectivity index (χ2v) is 8.43. The number of thiophene rings is 1. The van der Waals surface area contributed by atoms with Crippen molar-refractivity contribution in [1.82, 2.24) is 14.9 Å². The molecule has 3 aromatic rings. The Morgan fingerprint density at radius 3 is 2.62 bits per heavy atom. The Balaban J connectivity index is 1.36. The lowest BCUT2D eigenvalue weighted by Crippen LogP contribution is -2.45. The number of halogens is 1. The number of anilines is 1. The van der Waals surface area contributed by atoms with Gasteiger partial charge in [-0.25, -0.2) is 9.97 Å². The molecular formula is C21H21ClN4O2S. The number of aliphatic hydroxyl groups is 1. The SMILES string of the molecule is O=C(CN1CCC(O)(c2cccs2)CC1)Nc1cc(Cl)nc(-c2ccccc2)n1. The molecule has 6 nitrogen and oxygen atoms in total. The molecule has 1 aliphatic rings. The summed E-state index contributed by atoms with van der Waals surface area (Å²) in [6, 6.07) is 14.9. The van der Waals surface area contributed by atoms with Crippen LogP contribution in [-0.4, -0.2) is 45.5 Å². The van der Waals surface area contributed by atoms with Gasteiger partial charge >= 0.3 is 0 Å². The number of nitrogens with one attached hydrogen (secondary N) is 1. The lowest BCUT2D eigenvalue weighted by molar-refractivity contribution is -0.118. The fraction of sp³-hybridized carbons (Fsp3) is 0.286. The van der Waals surface area contributed by atoms with Gasteiger partial charge in [-0.1, -0.05) is 48.0 Å². The zero-order valence-electron chi connectivity index (χ0n) is 15.7. The van der Waals surface area contributed by atoms with Gasteiger partial charge in [0.25, 0.3) is 0 Å². The van der Waals surface area contributed by atoms with Crippen molar-refractivity contribution in [3.05, 3.63) is 63.9 Å². The topological polar surface area (TPSA) is 78.4 Å². The molecular weight excluding hydrogens is 408 g/mol. The van der Waals surface area contributed by atoms with Crippen molar-refractivity contribution in [3.63, 3.8) is 0 Å². The summed E-state index contributed by atoms with van der Waals surface area (Å²) in [5.41, 5.74) is 0.0423. The number of hydrogen-bond donors (Lipinski definition) is 2. The molecule has 2 aromatic heterocycles. The zero-order valence-corrected chi connectivity index (χ0v) is 17.3. The van der Waals surface area contributed by atoms with Crippen LogP contribution < -0.4 is 5.32 Å². The second-order valence-electron chi connectivity index (χ2n) is 7.10. The summed E-state index contributed by atoms with van der Waals surface area (Å²) in [5.74, 6) is 0.675. The van der Waals surface area contributed by atoms with E-state index in [0.29, 0.717) is 37.6 Å². The molecule has 4 rings (SSSR count). The van der Waals surface area contributed by atoms with Gasteiger partial charge in [0.2, 0.25) is 5.91 Å². The van der Waals surface area contributed by atoms with E-state index in [4.69, 9.17) is 11.6 Å². The maximum absolute atomic E-state index is 12.5. The monoisotopic (exact) mass is 428 g/mol. The number of aromatic nitrogens is 2. The number of hydrogen-bond acceptors (Lipinski definition) is 6. The molecule has 0 bridgehead atoms. The molecule has 1 amide bonds. The van der Waals surface area contributed by atoms with Crippen LogP contribution in [0.4, 0.5) is 5.82 Å². The lowest BCUT2D eigenvalue weighted by atomic mass is 9.90. The fourth-order valence-electron chi connectivity index (χ4n) is 3.45. The van der Waals surface area contributed by atoms with Crippen LogP contribution in [0.5, 0.6) is 0 Å². The number of carbonyl (C=O) groups excluding carboxylic acids is 1. The molecule has 29 heavy (non-hydrogen) atoms. The van der Waals surface area contributed by atoms with E-state index in [1.54, 1.807) is 11.3 Å². The molecule has 0 unspecified atom stereocenters. The number of benzene rings is 1. The quantitative estimate of drug-likeness (QED) is 0.604. The normalized spacial score (nSPS) is 16.5. The minimum absolute atomic E-state index is 0.166. The molecule has 8 heteroatoms. The van der Waals surface area contributed by atoms with Crippen LogP contribution in [0, 0.1) is 0 Å². The maximum Gasteiger partial charge on any atom is 0.239 e. The summed E-state index contributed by atoms with van der Waals surface area (Å²) in [6.45, 7) is 1.55. The molecule has 150 valence electrons. The molecule has 1 saturated heterocycles. The van der Waals surface area contributed by atoms with Gasteiger partial charge in [0.1, 0.15) is 16.6 Å². The average Bonchev–Trinajstić information content (AvgIpc) is 3.26. The summed E-state index contributed by atoms with van der Waals surface area (Å²) < 4.78 is 0. The minimum Gasteiger partial charge on any atom is -0.384 e. The molecule has 3 heterocycles. The van der Waals surface area contributed by atoms with E-state index in [1.807, 2.05) is 52.7 Å². The van der Waals surface area contributed by atoms with Crippen LogP contribution in [0.1, 0.15) is 17.7 Å². The molecule has 1 aromatic carbocycles. The summed E-state index contributed by atoms with van der Waals surface area (Å²) >= 11 is 7.69. The van der Waals surface area contributed by atoms with Crippen LogP contribution in [0.3, 0.4) is 0 Å². The van der Waals surface area contributed by atoms with Gasteiger partial charge in [-0.2, -0.15) is 0 Å². The molecule has 0 radical (unpaired) electrons. The van der Waals surface area contributed by atoms with E-state index in [2.05, 4.69) is 15.3 Å². The first-order valence-corrected chi connectivity index (χ1v) is 10.7. The second kappa shape index (κ2) is 8.59. The van der Waals surface area contributed by atoms with Gasteiger partial charge in [0, 0.05) is 29.6 Å². The highest BCUT2D eigenvalue weighted by molar-refractivity contribution is 7.10. The van der Waals surface area contributed by atoms with Crippen LogP contribution in [-0.2, 0) is 10.4 Å². The van der Waals surface area contributed by atoms with Crippen molar-refractivity contribution in [3.8, 4) is 11.4 Å². The summed E-state index contributed by atoms with van der Waals surface area (Å²) in [6.07, 6.45) is 1.22. The number of piperidine rings is 1. The summed E-state index contributed by atoms with van der Waals surface area (Å²) in [5, 5.41) is 15.9. The van der Waals surface area contributed by atoms with E-state index in [-0.39, 0.29) is 17.6 Å². The largest absolute Gasteiger partial charge is 0.384 e. The lowest BCUT2D eigenvalue weighted by Gasteiger charge is -2.37. The molecule has 0 spiro atoms. The van der Waals surface area contributed by atoms with Crippen molar-refractivity contribution in [2.45, 2.75) is 18.4 Å². The molecule has 0 atom stereocenters.